The van der Waals surface area contributed by atoms with Gasteiger partial charge in [-0.25, -0.2) is 4.98 Å². The van der Waals surface area contributed by atoms with Crippen molar-refractivity contribution in [3.05, 3.63) is 46.5 Å². The van der Waals surface area contributed by atoms with Crippen LogP contribution in [0.1, 0.15) is 25.3 Å². The maximum absolute atomic E-state index is 11.9. The van der Waals surface area contributed by atoms with Crippen molar-refractivity contribution in [1.29, 1.82) is 0 Å². The van der Waals surface area contributed by atoms with Gasteiger partial charge < -0.3 is 9.88 Å². The number of aromatic amines is 1. The zero-order valence-electron chi connectivity index (χ0n) is 11.8. The van der Waals surface area contributed by atoms with Crippen LogP contribution >= 0.6 is 0 Å². The molecule has 4 nitrogen and oxygen atoms in total. The fraction of sp³-hybridized carbons (Fsp3) is 0.333. The number of H-pyrrole nitrogens is 1. The van der Waals surface area contributed by atoms with Crippen LogP contribution in [0.25, 0.3) is 11.3 Å². The van der Waals surface area contributed by atoms with E-state index in [1.54, 1.807) is 0 Å². The highest BCUT2D eigenvalue weighted by Gasteiger charge is 2.14. The lowest BCUT2D eigenvalue weighted by molar-refractivity contribution is 0.833. The van der Waals surface area contributed by atoms with E-state index in [0.29, 0.717) is 0 Å². The first-order valence-electron chi connectivity index (χ1n) is 6.36. The van der Waals surface area contributed by atoms with Crippen molar-refractivity contribution in [2.75, 3.05) is 19.0 Å². The monoisotopic (exact) mass is 257 g/mol. The van der Waals surface area contributed by atoms with Gasteiger partial charge in [0.2, 0.25) is 0 Å². The van der Waals surface area contributed by atoms with Crippen molar-refractivity contribution in [2.24, 2.45) is 0 Å². The molecule has 0 radical (unpaired) electrons. The Morgan fingerprint density at radius 1 is 1.16 bits per heavy atom. The number of hydrogen-bond donors (Lipinski definition) is 1. The molecule has 19 heavy (non-hydrogen) atoms. The summed E-state index contributed by atoms with van der Waals surface area (Å²) in [5, 5.41) is 0. The van der Waals surface area contributed by atoms with Gasteiger partial charge in [-0.05, 0) is 18.1 Å². The zero-order valence-corrected chi connectivity index (χ0v) is 11.8. The Balaban J connectivity index is 2.53. The van der Waals surface area contributed by atoms with Gasteiger partial charge in [0.05, 0.1) is 12.0 Å². The molecule has 0 saturated heterocycles. The molecule has 1 aromatic heterocycles. The van der Waals surface area contributed by atoms with E-state index in [0.717, 1.165) is 22.5 Å². The summed E-state index contributed by atoms with van der Waals surface area (Å²) < 4.78 is 0. The summed E-state index contributed by atoms with van der Waals surface area (Å²) in [6, 6.07) is 8.07. The van der Waals surface area contributed by atoms with E-state index in [-0.39, 0.29) is 11.5 Å². The van der Waals surface area contributed by atoms with E-state index in [2.05, 4.69) is 9.97 Å². The van der Waals surface area contributed by atoms with Crippen LogP contribution in [-0.4, -0.2) is 24.1 Å². The highest BCUT2D eigenvalue weighted by molar-refractivity contribution is 5.66. The van der Waals surface area contributed by atoms with Gasteiger partial charge in [0.1, 0.15) is 0 Å². The van der Waals surface area contributed by atoms with E-state index in [4.69, 9.17) is 0 Å². The van der Waals surface area contributed by atoms with E-state index in [9.17, 15) is 4.79 Å². The second-order valence-corrected chi connectivity index (χ2v) is 5.09. The molecule has 0 unspecified atom stereocenters. The van der Waals surface area contributed by atoms with Gasteiger partial charge in [-0.1, -0.05) is 26.0 Å². The molecular weight excluding hydrogens is 238 g/mol. The van der Waals surface area contributed by atoms with Crippen molar-refractivity contribution >= 4 is 5.69 Å². The maximum atomic E-state index is 11.9. The Bertz CT molecular complexity index is 612. The molecule has 4 heteroatoms. The Kier molecular flexibility index (Phi) is 3.69. The number of hydrogen-bond acceptors (Lipinski definition) is 3. The average molecular weight is 257 g/mol. The van der Waals surface area contributed by atoms with Crippen molar-refractivity contribution < 1.29 is 0 Å². The first kappa shape index (κ1) is 13.3. The van der Waals surface area contributed by atoms with Gasteiger partial charge in [0.15, 0.2) is 0 Å². The molecule has 0 bridgehead atoms. The molecule has 1 aromatic carbocycles. The summed E-state index contributed by atoms with van der Waals surface area (Å²) in [5.74, 6) is 0.140. The molecule has 2 aromatic rings. The lowest BCUT2D eigenvalue weighted by Crippen LogP contribution is -2.16. The Morgan fingerprint density at radius 2 is 1.79 bits per heavy atom. The summed E-state index contributed by atoms with van der Waals surface area (Å²) >= 11 is 0. The second-order valence-electron chi connectivity index (χ2n) is 5.09. The minimum atomic E-state index is -0.0586. The fourth-order valence-corrected chi connectivity index (χ4v) is 2.09. The molecule has 0 spiro atoms. The third kappa shape index (κ3) is 2.67. The van der Waals surface area contributed by atoms with Crippen LogP contribution in [0.4, 0.5) is 5.69 Å². The van der Waals surface area contributed by atoms with E-state index >= 15 is 0 Å². The molecule has 0 aliphatic rings. The molecule has 0 amide bonds. The van der Waals surface area contributed by atoms with Gasteiger partial charge in [-0.2, -0.15) is 0 Å². The molecule has 2 rings (SSSR count). The maximum Gasteiger partial charge on any atom is 0.254 e. The Hall–Kier alpha value is -2.10. The van der Waals surface area contributed by atoms with Crippen molar-refractivity contribution in [3.8, 4) is 11.3 Å². The summed E-state index contributed by atoms with van der Waals surface area (Å²) in [6.07, 6.45) is 1.46. The lowest BCUT2D eigenvalue weighted by atomic mass is 9.98. The van der Waals surface area contributed by atoms with Gasteiger partial charge in [-0.15, -0.1) is 0 Å². The largest absolute Gasteiger partial charge is 0.378 e. The highest BCUT2D eigenvalue weighted by Crippen LogP contribution is 2.25. The van der Waals surface area contributed by atoms with Crippen molar-refractivity contribution in [2.45, 2.75) is 19.8 Å². The quantitative estimate of drug-likeness (QED) is 0.919. The third-order valence-corrected chi connectivity index (χ3v) is 3.12. The molecule has 0 atom stereocenters. The van der Waals surface area contributed by atoms with Crippen LogP contribution in [0.2, 0.25) is 0 Å². The SMILES string of the molecule is CC(C)c1c(-c2ccc(N(C)C)cc2)nc[nH]c1=O. The minimum absolute atomic E-state index is 0.0586. The molecule has 1 heterocycles. The minimum Gasteiger partial charge on any atom is -0.378 e. The lowest BCUT2D eigenvalue weighted by Gasteiger charge is -2.14. The van der Waals surface area contributed by atoms with Crippen LogP contribution in [0.15, 0.2) is 35.4 Å². The predicted octanol–water partition coefficient (Wildman–Crippen LogP) is 2.63. The summed E-state index contributed by atoms with van der Waals surface area (Å²) in [5.41, 5.74) is 3.54. The number of rotatable bonds is 3. The van der Waals surface area contributed by atoms with E-state index in [1.165, 1.54) is 6.33 Å². The van der Waals surface area contributed by atoms with Crippen LogP contribution in [0.3, 0.4) is 0 Å². The van der Waals surface area contributed by atoms with Gasteiger partial charge in [0.25, 0.3) is 5.56 Å². The molecule has 100 valence electrons. The normalized spacial score (nSPS) is 10.8. The first-order valence-corrected chi connectivity index (χ1v) is 6.36. The highest BCUT2D eigenvalue weighted by atomic mass is 16.1. The second kappa shape index (κ2) is 5.26. The first-order chi connectivity index (χ1) is 9.00. The Labute approximate surface area is 113 Å². The summed E-state index contributed by atoms with van der Waals surface area (Å²) in [4.78, 5) is 20.9. The Morgan fingerprint density at radius 3 is 2.32 bits per heavy atom. The molecule has 0 aliphatic carbocycles. The predicted molar refractivity (Wildman–Crippen MR) is 78.7 cm³/mol. The number of anilines is 1. The summed E-state index contributed by atoms with van der Waals surface area (Å²) in [6.45, 7) is 4.01. The van der Waals surface area contributed by atoms with Crippen molar-refractivity contribution in [3.63, 3.8) is 0 Å². The standard InChI is InChI=1S/C15H19N3O/c1-10(2)13-14(16-9-17-15(13)19)11-5-7-12(8-6-11)18(3)4/h5-10H,1-4H3,(H,16,17,19). The number of nitrogens with zero attached hydrogens (tertiary/aromatic N) is 2. The van der Waals surface area contributed by atoms with Gasteiger partial charge >= 0.3 is 0 Å². The fourth-order valence-electron chi connectivity index (χ4n) is 2.09. The zero-order chi connectivity index (χ0) is 14.0. The topological polar surface area (TPSA) is 49.0 Å². The molecular formula is C15H19N3O. The third-order valence-electron chi connectivity index (χ3n) is 3.12. The smallest absolute Gasteiger partial charge is 0.254 e. The van der Waals surface area contributed by atoms with Crippen LogP contribution in [-0.2, 0) is 0 Å². The molecule has 0 saturated carbocycles. The molecule has 0 fully saturated rings. The average Bonchev–Trinajstić information content (AvgIpc) is 2.38. The van der Waals surface area contributed by atoms with Crippen LogP contribution < -0.4 is 10.5 Å². The molecule has 1 N–H and O–H groups in total. The number of nitrogens with one attached hydrogen (secondary N) is 1. The number of benzene rings is 1. The summed E-state index contributed by atoms with van der Waals surface area (Å²) in [7, 11) is 4.00. The van der Waals surface area contributed by atoms with Crippen LogP contribution in [0, 0.1) is 0 Å². The van der Waals surface area contributed by atoms with E-state index in [1.807, 2.05) is 57.1 Å². The number of aromatic nitrogens is 2. The van der Waals surface area contributed by atoms with Crippen LogP contribution in [0.5, 0.6) is 0 Å². The van der Waals surface area contributed by atoms with E-state index < -0.39 is 0 Å². The molecule has 0 aliphatic heterocycles. The van der Waals surface area contributed by atoms with Crippen molar-refractivity contribution in [1.82, 2.24) is 9.97 Å². The van der Waals surface area contributed by atoms with Gasteiger partial charge in [0, 0.05) is 30.9 Å². The van der Waals surface area contributed by atoms with Gasteiger partial charge in [-0.3, -0.25) is 4.79 Å².